The molecule has 0 saturated heterocycles. The number of fused-ring (bicyclic) bond motifs is 1. The largest absolute Gasteiger partial charge is 0.486 e. The van der Waals surface area contributed by atoms with E-state index in [9.17, 15) is 9.59 Å². The molecule has 6 heteroatoms. The maximum absolute atomic E-state index is 12.2. The monoisotopic (exact) mass is 353 g/mol. The maximum atomic E-state index is 12.2. The third kappa shape index (κ3) is 4.63. The summed E-state index contributed by atoms with van der Waals surface area (Å²) in [5.41, 5.74) is 1.42. The molecule has 0 spiro atoms. The van der Waals surface area contributed by atoms with E-state index in [4.69, 9.17) is 14.2 Å². The van der Waals surface area contributed by atoms with Crippen LogP contribution in [0.3, 0.4) is 0 Å². The van der Waals surface area contributed by atoms with Crippen LogP contribution in [0.1, 0.15) is 12.5 Å². The van der Waals surface area contributed by atoms with E-state index < -0.39 is 18.0 Å². The second kappa shape index (κ2) is 8.20. The van der Waals surface area contributed by atoms with E-state index in [1.54, 1.807) is 24.3 Å². The van der Waals surface area contributed by atoms with Crippen LogP contribution in [0.4, 0.5) is 5.69 Å². The van der Waals surface area contributed by atoms with Gasteiger partial charge in [-0.1, -0.05) is 30.3 Å². The van der Waals surface area contributed by atoms with Crippen molar-refractivity contribution in [2.24, 2.45) is 0 Å². The Balaban J connectivity index is 1.54. The number of rotatable bonds is 5. The minimum absolute atomic E-state index is 0.428. The molecule has 0 saturated carbocycles. The van der Waals surface area contributed by atoms with E-state index in [2.05, 4.69) is 5.32 Å². The highest BCUT2D eigenvalue weighted by Gasteiger charge is 2.18. The molecule has 0 aromatic heterocycles. The highest BCUT2D eigenvalue weighted by atomic mass is 16.6. The van der Waals surface area contributed by atoms with E-state index in [1.807, 2.05) is 30.3 Å². The van der Waals surface area contributed by atoms with Gasteiger partial charge in [-0.2, -0.15) is 0 Å². The molecule has 1 aliphatic heterocycles. The van der Waals surface area contributed by atoms with Crippen LogP contribution in [-0.2, 0) is 14.3 Å². The van der Waals surface area contributed by atoms with E-state index in [0.717, 1.165) is 5.56 Å². The molecule has 1 heterocycles. The topological polar surface area (TPSA) is 73.9 Å². The maximum Gasteiger partial charge on any atom is 0.331 e. The highest BCUT2D eigenvalue weighted by Crippen LogP contribution is 2.32. The molecule has 0 bridgehead atoms. The van der Waals surface area contributed by atoms with Crippen LogP contribution in [0.2, 0.25) is 0 Å². The van der Waals surface area contributed by atoms with Gasteiger partial charge in [0.25, 0.3) is 5.91 Å². The number of carbonyl (C=O) groups is 2. The van der Waals surface area contributed by atoms with Gasteiger partial charge in [0.1, 0.15) is 13.2 Å². The van der Waals surface area contributed by atoms with Crippen molar-refractivity contribution in [3.8, 4) is 11.5 Å². The average molecular weight is 353 g/mol. The number of nitrogens with one attached hydrogen (secondary N) is 1. The van der Waals surface area contributed by atoms with Crippen LogP contribution in [0.15, 0.2) is 54.6 Å². The Bertz CT molecular complexity index is 816. The molecule has 1 N–H and O–H groups in total. The second-order valence-electron chi connectivity index (χ2n) is 5.67. The zero-order valence-corrected chi connectivity index (χ0v) is 14.3. The number of amides is 1. The van der Waals surface area contributed by atoms with Gasteiger partial charge in [-0.15, -0.1) is 0 Å². The molecule has 134 valence electrons. The van der Waals surface area contributed by atoms with E-state index in [0.29, 0.717) is 30.4 Å². The van der Waals surface area contributed by atoms with Crippen molar-refractivity contribution >= 4 is 23.6 Å². The molecule has 1 amide bonds. The SMILES string of the molecule is CC(OC(=O)C=Cc1ccccc1)C(=O)Nc1ccc2c(c1)OCCO2. The first kappa shape index (κ1) is 17.5. The number of ether oxygens (including phenoxy) is 3. The standard InChI is InChI=1S/C20H19NO5/c1-14(26-19(22)10-7-15-5-3-2-4-6-15)20(23)21-16-8-9-17-18(13-16)25-12-11-24-17/h2-10,13-14H,11-12H2,1H3,(H,21,23). The minimum atomic E-state index is -0.934. The Morgan fingerprint density at radius 2 is 1.81 bits per heavy atom. The summed E-state index contributed by atoms with van der Waals surface area (Å²) in [4.78, 5) is 24.1. The molecular formula is C20H19NO5. The number of hydrogen-bond donors (Lipinski definition) is 1. The van der Waals surface area contributed by atoms with Crippen molar-refractivity contribution in [1.29, 1.82) is 0 Å². The lowest BCUT2D eigenvalue weighted by atomic mass is 10.2. The molecule has 1 unspecified atom stereocenters. The Morgan fingerprint density at radius 3 is 2.58 bits per heavy atom. The zero-order valence-electron chi connectivity index (χ0n) is 14.3. The summed E-state index contributed by atoms with van der Waals surface area (Å²) in [6, 6.07) is 14.5. The molecule has 26 heavy (non-hydrogen) atoms. The molecule has 1 atom stereocenters. The number of hydrogen-bond acceptors (Lipinski definition) is 5. The number of esters is 1. The van der Waals surface area contributed by atoms with Gasteiger partial charge < -0.3 is 19.5 Å². The van der Waals surface area contributed by atoms with Gasteiger partial charge in [-0.3, -0.25) is 4.79 Å². The fraction of sp³-hybridized carbons (Fsp3) is 0.200. The minimum Gasteiger partial charge on any atom is -0.486 e. The molecule has 0 aliphatic carbocycles. The Hall–Kier alpha value is -3.28. The van der Waals surface area contributed by atoms with Gasteiger partial charge in [-0.25, -0.2) is 4.79 Å². The summed E-state index contributed by atoms with van der Waals surface area (Å²) in [7, 11) is 0. The van der Waals surface area contributed by atoms with Gasteiger partial charge in [0.2, 0.25) is 0 Å². The summed E-state index contributed by atoms with van der Waals surface area (Å²) in [5, 5.41) is 2.70. The molecule has 2 aromatic carbocycles. The molecule has 0 radical (unpaired) electrons. The predicted octanol–water partition coefficient (Wildman–Crippen LogP) is 3.04. The first-order chi connectivity index (χ1) is 12.6. The summed E-state index contributed by atoms with van der Waals surface area (Å²) < 4.78 is 16.0. The van der Waals surface area contributed by atoms with E-state index in [1.165, 1.54) is 13.0 Å². The van der Waals surface area contributed by atoms with Crippen LogP contribution in [0, 0.1) is 0 Å². The molecular weight excluding hydrogens is 334 g/mol. The van der Waals surface area contributed by atoms with Crippen LogP contribution in [0.5, 0.6) is 11.5 Å². The van der Waals surface area contributed by atoms with E-state index >= 15 is 0 Å². The van der Waals surface area contributed by atoms with Crippen molar-refractivity contribution < 1.29 is 23.8 Å². The van der Waals surface area contributed by atoms with Crippen LogP contribution < -0.4 is 14.8 Å². The Labute approximate surface area is 151 Å². The summed E-state index contributed by atoms with van der Waals surface area (Å²) in [5.74, 6) is 0.200. The summed E-state index contributed by atoms with van der Waals surface area (Å²) in [6.07, 6.45) is 1.99. The molecule has 1 aliphatic rings. The van der Waals surface area contributed by atoms with Crippen LogP contribution in [-0.4, -0.2) is 31.2 Å². The first-order valence-electron chi connectivity index (χ1n) is 8.26. The average Bonchev–Trinajstić information content (AvgIpc) is 2.67. The van der Waals surface area contributed by atoms with Crippen LogP contribution in [0.25, 0.3) is 6.08 Å². The normalized spacial score (nSPS) is 13.9. The van der Waals surface area contributed by atoms with Crippen molar-refractivity contribution in [1.82, 2.24) is 0 Å². The first-order valence-corrected chi connectivity index (χ1v) is 8.26. The van der Waals surface area contributed by atoms with E-state index in [-0.39, 0.29) is 0 Å². The Morgan fingerprint density at radius 1 is 1.08 bits per heavy atom. The third-order valence-corrected chi connectivity index (χ3v) is 3.68. The fourth-order valence-corrected chi connectivity index (χ4v) is 2.36. The number of anilines is 1. The summed E-state index contributed by atoms with van der Waals surface area (Å²) >= 11 is 0. The molecule has 3 rings (SSSR count). The van der Waals surface area contributed by atoms with Crippen molar-refractivity contribution in [2.45, 2.75) is 13.0 Å². The second-order valence-corrected chi connectivity index (χ2v) is 5.67. The number of carbonyl (C=O) groups excluding carboxylic acids is 2. The number of benzene rings is 2. The lowest BCUT2D eigenvalue weighted by Crippen LogP contribution is -2.29. The highest BCUT2D eigenvalue weighted by molar-refractivity contribution is 5.96. The predicted molar refractivity (Wildman–Crippen MR) is 97.1 cm³/mol. The smallest absolute Gasteiger partial charge is 0.331 e. The Kier molecular flexibility index (Phi) is 5.53. The lowest BCUT2D eigenvalue weighted by molar-refractivity contribution is -0.148. The lowest BCUT2D eigenvalue weighted by Gasteiger charge is -2.19. The van der Waals surface area contributed by atoms with Crippen molar-refractivity contribution in [3.63, 3.8) is 0 Å². The fourth-order valence-electron chi connectivity index (χ4n) is 2.36. The van der Waals surface area contributed by atoms with Gasteiger partial charge in [0, 0.05) is 17.8 Å². The van der Waals surface area contributed by atoms with Gasteiger partial charge in [-0.05, 0) is 30.7 Å². The quantitative estimate of drug-likeness (QED) is 0.661. The van der Waals surface area contributed by atoms with Gasteiger partial charge in [0.05, 0.1) is 0 Å². The van der Waals surface area contributed by atoms with Crippen molar-refractivity contribution in [3.05, 3.63) is 60.2 Å². The van der Waals surface area contributed by atoms with Gasteiger partial charge >= 0.3 is 5.97 Å². The van der Waals surface area contributed by atoms with Crippen LogP contribution >= 0.6 is 0 Å². The zero-order chi connectivity index (χ0) is 18.4. The molecule has 2 aromatic rings. The summed E-state index contributed by atoms with van der Waals surface area (Å²) in [6.45, 7) is 2.48. The van der Waals surface area contributed by atoms with Crippen molar-refractivity contribution in [2.75, 3.05) is 18.5 Å². The molecule has 6 nitrogen and oxygen atoms in total. The third-order valence-electron chi connectivity index (χ3n) is 3.68. The molecule has 0 fully saturated rings. The van der Waals surface area contributed by atoms with Gasteiger partial charge in [0.15, 0.2) is 17.6 Å².